The van der Waals surface area contributed by atoms with E-state index in [1.807, 2.05) is 0 Å². The third-order valence-corrected chi connectivity index (χ3v) is 5.72. The van der Waals surface area contributed by atoms with Gasteiger partial charge in [-0.1, -0.05) is 24.6 Å². The van der Waals surface area contributed by atoms with Crippen molar-refractivity contribution in [2.24, 2.45) is 0 Å². The molecule has 0 fully saturated rings. The molecule has 0 spiro atoms. The summed E-state index contributed by atoms with van der Waals surface area (Å²) in [6, 6.07) is 8.60. The van der Waals surface area contributed by atoms with E-state index in [4.69, 9.17) is 21.1 Å². The fourth-order valence-corrected chi connectivity index (χ4v) is 3.72. The van der Waals surface area contributed by atoms with E-state index in [-0.39, 0.29) is 27.6 Å². The molecule has 2 rings (SSSR count). The average Bonchev–Trinajstić information content (AvgIpc) is 2.65. The SMILES string of the molecule is CCNS(=O)(=O)c1ccc(C)c(C(=O)OCC(=O)c2ccc(OC)c(Cl)c2)c1. The molecule has 0 bridgehead atoms. The van der Waals surface area contributed by atoms with Crippen molar-refractivity contribution in [3.8, 4) is 5.75 Å². The molecular weight excluding hydrogens is 406 g/mol. The van der Waals surface area contributed by atoms with Crippen LogP contribution in [0.2, 0.25) is 5.02 Å². The Morgan fingerprint density at radius 2 is 1.86 bits per heavy atom. The van der Waals surface area contributed by atoms with Gasteiger partial charge in [-0.05, 0) is 42.8 Å². The van der Waals surface area contributed by atoms with Gasteiger partial charge in [0.1, 0.15) is 5.75 Å². The molecule has 1 N–H and O–H groups in total. The van der Waals surface area contributed by atoms with Crippen molar-refractivity contribution in [3.05, 3.63) is 58.1 Å². The van der Waals surface area contributed by atoms with Crippen molar-refractivity contribution in [3.63, 3.8) is 0 Å². The molecule has 0 aliphatic heterocycles. The van der Waals surface area contributed by atoms with Crippen LogP contribution in [0, 0.1) is 6.92 Å². The smallest absolute Gasteiger partial charge is 0.338 e. The number of halogens is 1. The average molecular weight is 426 g/mol. The number of ketones is 1. The van der Waals surface area contributed by atoms with Crippen molar-refractivity contribution < 1.29 is 27.5 Å². The number of methoxy groups -OCH3 is 1. The molecule has 0 saturated heterocycles. The first-order chi connectivity index (χ1) is 13.2. The van der Waals surface area contributed by atoms with Crippen LogP contribution in [0.15, 0.2) is 41.3 Å². The molecule has 0 heterocycles. The fourth-order valence-electron chi connectivity index (χ4n) is 2.39. The Labute approximate surface area is 168 Å². The van der Waals surface area contributed by atoms with Gasteiger partial charge in [0.25, 0.3) is 0 Å². The van der Waals surface area contributed by atoms with E-state index in [1.165, 1.54) is 43.5 Å². The Bertz CT molecular complexity index is 1000. The molecule has 0 radical (unpaired) electrons. The van der Waals surface area contributed by atoms with Gasteiger partial charge in [-0.3, -0.25) is 4.79 Å². The second-order valence-corrected chi connectivity index (χ2v) is 8.00. The summed E-state index contributed by atoms with van der Waals surface area (Å²) in [5.74, 6) is -0.824. The maximum atomic E-state index is 12.4. The normalized spacial score (nSPS) is 11.1. The molecular formula is C19H20ClNO6S. The number of hydrogen-bond donors (Lipinski definition) is 1. The number of ether oxygens (including phenoxy) is 2. The highest BCUT2D eigenvalue weighted by Gasteiger charge is 2.19. The quantitative estimate of drug-likeness (QED) is 0.515. The molecule has 28 heavy (non-hydrogen) atoms. The first kappa shape index (κ1) is 21.9. The summed E-state index contributed by atoms with van der Waals surface area (Å²) in [4.78, 5) is 24.6. The summed E-state index contributed by atoms with van der Waals surface area (Å²) >= 11 is 5.99. The summed E-state index contributed by atoms with van der Waals surface area (Å²) < 4.78 is 36.7. The Kier molecular flexibility index (Phi) is 7.17. The fraction of sp³-hybridized carbons (Fsp3) is 0.263. The molecule has 0 aliphatic rings. The third kappa shape index (κ3) is 5.09. The summed E-state index contributed by atoms with van der Waals surface area (Å²) in [7, 11) is -2.26. The zero-order valence-electron chi connectivity index (χ0n) is 15.6. The first-order valence-corrected chi connectivity index (χ1v) is 10.2. The van der Waals surface area contributed by atoms with Crippen LogP contribution in [0.5, 0.6) is 5.75 Å². The number of carbonyl (C=O) groups is 2. The Morgan fingerprint density at radius 1 is 1.14 bits per heavy atom. The summed E-state index contributed by atoms with van der Waals surface area (Å²) in [5.41, 5.74) is 0.860. The van der Waals surface area contributed by atoms with E-state index < -0.39 is 28.4 Å². The predicted octanol–water partition coefficient (Wildman–Crippen LogP) is 2.99. The Hall–Kier alpha value is -2.42. The van der Waals surface area contributed by atoms with Crippen LogP contribution in [0.4, 0.5) is 0 Å². The molecule has 150 valence electrons. The third-order valence-electron chi connectivity index (χ3n) is 3.88. The van der Waals surface area contributed by atoms with Crippen LogP contribution >= 0.6 is 11.6 Å². The predicted molar refractivity (Wildman–Crippen MR) is 105 cm³/mol. The monoisotopic (exact) mass is 425 g/mol. The number of hydrogen-bond acceptors (Lipinski definition) is 6. The number of aryl methyl sites for hydroxylation is 1. The standard InChI is InChI=1S/C19H20ClNO6S/c1-4-21-28(24,25)14-7-5-12(2)15(10-14)19(23)27-11-17(22)13-6-8-18(26-3)16(20)9-13/h5-10,21H,4,11H2,1-3H3. The lowest BCUT2D eigenvalue weighted by Gasteiger charge is -2.10. The van der Waals surface area contributed by atoms with Crippen molar-refractivity contribution in [2.45, 2.75) is 18.7 Å². The van der Waals surface area contributed by atoms with Crippen molar-refractivity contribution in [1.82, 2.24) is 4.72 Å². The van der Waals surface area contributed by atoms with E-state index in [0.29, 0.717) is 11.3 Å². The van der Waals surface area contributed by atoms with Crippen LogP contribution < -0.4 is 9.46 Å². The molecule has 0 aromatic heterocycles. The molecule has 0 aliphatic carbocycles. The van der Waals surface area contributed by atoms with Gasteiger partial charge in [-0.25, -0.2) is 17.9 Å². The van der Waals surface area contributed by atoms with Crippen LogP contribution in [0.25, 0.3) is 0 Å². The Balaban J connectivity index is 2.14. The number of carbonyl (C=O) groups excluding carboxylic acids is 2. The number of esters is 1. The summed E-state index contributed by atoms with van der Waals surface area (Å²) in [5, 5.41) is 0.261. The second kappa shape index (κ2) is 9.18. The van der Waals surface area contributed by atoms with Gasteiger partial charge >= 0.3 is 5.97 Å². The van der Waals surface area contributed by atoms with Gasteiger partial charge in [0.2, 0.25) is 10.0 Å². The molecule has 0 unspecified atom stereocenters. The number of benzene rings is 2. The molecule has 2 aromatic rings. The van der Waals surface area contributed by atoms with Gasteiger partial charge in [0, 0.05) is 12.1 Å². The lowest BCUT2D eigenvalue weighted by atomic mass is 10.1. The van der Waals surface area contributed by atoms with E-state index in [2.05, 4.69) is 4.72 Å². The number of sulfonamides is 1. The van der Waals surface area contributed by atoms with E-state index in [0.717, 1.165) is 0 Å². The molecule has 9 heteroatoms. The highest BCUT2D eigenvalue weighted by molar-refractivity contribution is 7.89. The zero-order valence-corrected chi connectivity index (χ0v) is 17.2. The molecule has 2 aromatic carbocycles. The summed E-state index contributed by atoms with van der Waals surface area (Å²) in [6.07, 6.45) is 0. The summed E-state index contributed by atoms with van der Waals surface area (Å²) in [6.45, 7) is 3.00. The number of rotatable bonds is 8. The first-order valence-electron chi connectivity index (χ1n) is 8.33. The number of Topliss-reactive ketones (excluding diaryl/α,β-unsaturated/α-hetero) is 1. The zero-order chi connectivity index (χ0) is 20.9. The molecule has 0 amide bonds. The van der Waals surface area contributed by atoms with Gasteiger partial charge < -0.3 is 9.47 Å². The van der Waals surface area contributed by atoms with Crippen molar-refractivity contribution >= 4 is 33.4 Å². The largest absolute Gasteiger partial charge is 0.495 e. The highest BCUT2D eigenvalue weighted by atomic mass is 35.5. The number of nitrogens with one attached hydrogen (secondary N) is 1. The van der Waals surface area contributed by atoms with Gasteiger partial charge in [-0.15, -0.1) is 0 Å². The minimum atomic E-state index is -3.72. The van der Waals surface area contributed by atoms with Crippen LogP contribution in [-0.2, 0) is 14.8 Å². The molecule has 0 atom stereocenters. The van der Waals surface area contributed by atoms with E-state index in [1.54, 1.807) is 13.8 Å². The van der Waals surface area contributed by atoms with Crippen molar-refractivity contribution in [1.29, 1.82) is 0 Å². The lowest BCUT2D eigenvalue weighted by molar-refractivity contribution is 0.0473. The lowest BCUT2D eigenvalue weighted by Crippen LogP contribution is -2.23. The van der Waals surface area contributed by atoms with Crippen LogP contribution in [-0.4, -0.2) is 40.4 Å². The maximum Gasteiger partial charge on any atom is 0.338 e. The topological polar surface area (TPSA) is 98.8 Å². The van der Waals surface area contributed by atoms with Gasteiger partial charge in [0.05, 0.1) is 22.6 Å². The van der Waals surface area contributed by atoms with Crippen molar-refractivity contribution in [2.75, 3.05) is 20.3 Å². The van der Waals surface area contributed by atoms with E-state index >= 15 is 0 Å². The maximum absolute atomic E-state index is 12.4. The highest BCUT2D eigenvalue weighted by Crippen LogP contribution is 2.25. The minimum Gasteiger partial charge on any atom is -0.495 e. The Morgan fingerprint density at radius 3 is 2.46 bits per heavy atom. The van der Waals surface area contributed by atoms with Gasteiger partial charge in [0.15, 0.2) is 12.4 Å². The minimum absolute atomic E-state index is 0.0554. The molecule has 0 saturated carbocycles. The molecule has 7 nitrogen and oxygen atoms in total. The van der Waals surface area contributed by atoms with Crippen LogP contribution in [0.1, 0.15) is 33.2 Å². The van der Waals surface area contributed by atoms with E-state index in [9.17, 15) is 18.0 Å². The second-order valence-electron chi connectivity index (χ2n) is 5.83. The van der Waals surface area contributed by atoms with Gasteiger partial charge in [-0.2, -0.15) is 0 Å². The van der Waals surface area contributed by atoms with Crippen LogP contribution in [0.3, 0.4) is 0 Å².